The lowest BCUT2D eigenvalue weighted by molar-refractivity contribution is 0.855. The van der Waals surface area contributed by atoms with Gasteiger partial charge in [-0.3, -0.25) is 0 Å². The molecular weight excluding hydrogens is 268 g/mol. The third kappa shape index (κ3) is 2.06. The molecule has 11 heavy (non-hydrogen) atoms. The summed E-state index contributed by atoms with van der Waals surface area (Å²) in [5.41, 5.74) is 1.34. The van der Waals surface area contributed by atoms with Crippen molar-refractivity contribution in [1.82, 2.24) is 0 Å². The lowest BCUT2D eigenvalue weighted by Crippen LogP contribution is -1.89. The monoisotopic (exact) mass is 276 g/mol. The van der Waals surface area contributed by atoms with Gasteiger partial charge in [-0.15, -0.1) is 0 Å². The van der Waals surface area contributed by atoms with E-state index in [9.17, 15) is 0 Å². The fraction of sp³-hybridized carbons (Fsp3) is 0.333. The molecule has 0 nitrogen and oxygen atoms in total. The van der Waals surface area contributed by atoms with Gasteiger partial charge in [-0.2, -0.15) is 0 Å². The zero-order chi connectivity index (χ0) is 8.43. The van der Waals surface area contributed by atoms with Gasteiger partial charge in [0.25, 0.3) is 0 Å². The molecule has 0 saturated carbocycles. The Kier molecular flexibility index (Phi) is 3.14. The summed E-state index contributed by atoms with van der Waals surface area (Å²) in [4.78, 5) is 0. The van der Waals surface area contributed by atoms with Crippen molar-refractivity contribution in [3.63, 3.8) is 0 Å². The first kappa shape index (κ1) is 9.27. The quantitative estimate of drug-likeness (QED) is 0.717. The Labute approximate surface area is 84.3 Å². The number of benzene rings is 1. The Morgan fingerprint density at radius 1 is 1.09 bits per heavy atom. The van der Waals surface area contributed by atoms with Gasteiger partial charge in [0.1, 0.15) is 0 Å². The minimum atomic E-state index is 0.556. The maximum absolute atomic E-state index is 3.52. The second kappa shape index (κ2) is 3.72. The van der Waals surface area contributed by atoms with Crippen molar-refractivity contribution in [3.05, 3.63) is 32.7 Å². The molecule has 0 aliphatic rings. The molecule has 0 saturated heterocycles. The molecule has 0 bridgehead atoms. The minimum Gasteiger partial charge on any atom is -0.0600 e. The average Bonchev–Trinajstić information content (AvgIpc) is 1.85. The summed E-state index contributed by atoms with van der Waals surface area (Å²) in [6, 6.07) is 6.17. The molecule has 0 heterocycles. The second-order valence-electron chi connectivity index (χ2n) is 2.79. The van der Waals surface area contributed by atoms with Crippen molar-refractivity contribution < 1.29 is 0 Å². The molecule has 0 N–H and O–H groups in total. The van der Waals surface area contributed by atoms with E-state index in [4.69, 9.17) is 0 Å². The van der Waals surface area contributed by atoms with Crippen LogP contribution in [-0.4, -0.2) is 0 Å². The highest BCUT2D eigenvalue weighted by molar-refractivity contribution is 9.11. The first-order valence-corrected chi connectivity index (χ1v) is 5.15. The van der Waals surface area contributed by atoms with E-state index in [1.807, 2.05) is 6.07 Å². The summed E-state index contributed by atoms with van der Waals surface area (Å²) in [6.45, 7) is 4.37. The van der Waals surface area contributed by atoms with Crippen LogP contribution in [0.2, 0.25) is 0 Å². The van der Waals surface area contributed by atoms with E-state index in [0.717, 1.165) is 0 Å². The average molecular weight is 278 g/mol. The van der Waals surface area contributed by atoms with E-state index >= 15 is 0 Å². The SMILES string of the molecule is CC(C)c1c(Br)cccc1Br. The maximum Gasteiger partial charge on any atom is 0.0221 e. The Hall–Kier alpha value is 0.180. The van der Waals surface area contributed by atoms with Crippen LogP contribution in [0.1, 0.15) is 25.3 Å². The highest BCUT2D eigenvalue weighted by Crippen LogP contribution is 2.31. The zero-order valence-electron chi connectivity index (χ0n) is 6.57. The summed E-state index contributed by atoms with van der Waals surface area (Å²) in [5.74, 6) is 0.556. The van der Waals surface area contributed by atoms with Crippen LogP contribution in [0.4, 0.5) is 0 Å². The van der Waals surface area contributed by atoms with Crippen molar-refractivity contribution >= 4 is 31.9 Å². The highest BCUT2D eigenvalue weighted by atomic mass is 79.9. The molecule has 60 valence electrons. The first-order chi connectivity index (χ1) is 5.13. The van der Waals surface area contributed by atoms with E-state index < -0.39 is 0 Å². The molecule has 0 radical (unpaired) electrons. The van der Waals surface area contributed by atoms with Crippen molar-refractivity contribution in [1.29, 1.82) is 0 Å². The van der Waals surface area contributed by atoms with E-state index in [1.165, 1.54) is 14.5 Å². The van der Waals surface area contributed by atoms with E-state index in [0.29, 0.717) is 5.92 Å². The molecule has 1 rings (SSSR count). The van der Waals surface area contributed by atoms with Crippen LogP contribution in [0, 0.1) is 0 Å². The summed E-state index contributed by atoms with van der Waals surface area (Å²) < 4.78 is 2.36. The standard InChI is InChI=1S/C9H10Br2/c1-6(2)9-7(10)4-3-5-8(9)11/h3-6H,1-2H3. The molecule has 0 atom stereocenters. The molecule has 0 aromatic heterocycles. The van der Waals surface area contributed by atoms with Gasteiger partial charge in [0.15, 0.2) is 0 Å². The Morgan fingerprint density at radius 2 is 1.55 bits per heavy atom. The van der Waals surface area contributed by atoms with Gasteiger partial charge in [0.05, 0.1) is 0 Å². The predicted molar refractivity (Wildman–Crippen MR) is 55.9 cm³/mol. The summed E-state index contributed by atoms with van der Waals surface area (Å²) in [5, 5.41) is 0. The van der Waals surface area contributed by atoms with E-state index in [2.05, 4.69) is 57.8 Å². The number of halogens is 2. The number of hydrogen-bond acceptors (Lipinski definition) is 0. The molecule has 1 aromatic rings. The highest BCUT2D eigenvalue weighted by Gasteiger charge is 2.07. The van der Waals surface area contributed by atoms with Crippen molar-refractivity contribution in [2.75, 3.05) is 0 Å². The molecule has 0 unspecified atom stereocenters. The first-order valence-electron chi connectivity index (χ1n) is 3.57. The van der Waals surface area contributed by atoms with Gasteiger partial charge in [0.2, 0.25) is 0 Å². The maximum atomic E-state index is 3.52. The zero-order valence-corrected chi connectivity index (χ0v) is 9.74. The number of hydrogen-bond donors (Lipinski definition) is 0. The van der Waals surface area contributed by atoms with Gasteiger partial charge in [-0.05, 0) is 23.6 Å². The molecule has 0 fully saturated rings. The van der Waals surface area contributed by atoms with Gasteiger partial charge in [-0.1, -0.05) is 51.8 Å². The molecular formula is C9H10Br2. The molecule has 2 heteroatoms. The largest absolute Gasteiger partial charge is 0.0600 e. The fourth-order valence-corrected chi connectivity index (χ4v) is 2.98. The minimum absolute atomic E-state index is 0.556. The molecule has 0 spiro atoms. The Morgan fingerprint density at radius 3 is 1.82 bits per heavy atom. The van der Waals surface area contributed by atoms with Crippen LogP contribution in [0.5, 0.6) is 0 Å². The molecule has 1 aromatic carbocycles. The van der Waals surface area contributed by atoms with E-state index in [1.54, 1.807) is 0 Å². The van der Waals surface area contributed by atoms with Crippen molar-refractivity contribution in [3.8, 4) is 0 Å². The van der Waals surface area contributed by atoms with Crippen molar-refractivity contribution in [2.24, 2.45) is 0 Å². The summed E-state index contributed by atoms with van der Waals surface area (Å²) >= 11 is 7.04. The van der Waals surface area contributed by atoms with Crippen LogP contribution < -0.4 is 0 Å². The van der Waals surface area contributed by atoms with E-state index in [-0.39, 0.29) is 0 Å². The van der Waals surface area contributed by atoms with Crippen LogP contribution in [0.15, 0.2) is 27.1 Å². The molecule has 0 aliphatic carbocycles. The summed E-state index contributed by atoms with van der Waals surface area (Å²) in [6.07, 6.45) is 0. The third-order valence-electron chi connectivity index (χ3n) is 1.58. The molecule has 0 aliphatic heterocycles. The third-order valence-corrected chi connectivity index (χ3v) is 2.96. The second-order valence-corrected chi connectivity index (χ2v) is 4.50. The van der Waals surface area contributed by atoms with Crippen LogP contribution in [0.3, 0.4) is 0 Å². The Bertz CT molecular complexity index is 233. The normalized spacial score (nSPS) is 10.6. The lowest BCUT2D eigenvalue weighted by atomic mass is 10.0. The smallest absolute Gasteiger partial charge is 0.0221 e. The molecule has 0 amide bonds. The lowest BCUT2D eigenvalue weighted by Gasteiger charge is -2.09. The van der Waals surface area contributed by atoms with Crippen LogP contribution in [-0.2, 0) is 0 Å². The fourth-order valence-electron chi connectivity index (χ4n) is 1.06. The Balaban J connectivity index is 3.21. The van der Waals surface area contributed by atoms with Crippen molar-refractivity contribution in [2.45, 2.75) is 19.8 Å². The van der Waals surface area contributed by atoms with Crippen LogP contribution in [0.25, 0.3) is 0 Å². The van der Waals surface area contributed by atoms with Gasteiger partial charge < -0.3 is 0 Å². The van der Waals surface area contributed by atoms with Gasteiger partial charge in [0, 0.05) is 8.95 Å². The predicted octanol–water partition coefficient (Wildman–Crippen LogP) is 4.34. The summed E-state index contributed by atoms with van der Waals surface area (Å²) in [7, 11) is 0. The van der Waals surface area contributed by atoms with Gasteiger partial charge in [-0.25, -0.2) is 0 Å². The van der Waals surface area contributed by atoms with Crippen LogP contribution >= 0.6 is 31.9 Å². The van der Waals surface area contributed by atoms with Gasteiger partial charge >= 0.3 is 0 Å². The number of rotatable bonds is 1. The topological polar surface area (TPSA) is 0 Å².